The highest BCUT2D eigenvalue weighted by molar-refractivity contribution is 5.94. The van der Waals surface area contributed by atoms with E-state index in [0.717, 1.165) is 24.8 Å². The molecule has 1 N–H and O–H groups in total. The molecule has 27 heavy (non-hydrogen) atoms. The molecule has 0 radical (unpaired) electrons. The minimum absolute atomic E-state index is 0.0305. The Bertz CT molecular complexity index is 1000. The van der Waals surface area contributed by atoms with Crippen molar-refractivity contribution in [2.75, 3.05) is 6.61 Å². The largest absolute Gasteiger partial charge is 0.452 e. The average molecular weight is 361 g/mol. The molecular formula is C21H19N3O3. The van der Waals surface area contributed by atoms with Crippen LogP contribution < -0.4 is 5.32 Å². The molecule has 0 bridgehead atoms. The average Bonchev–Trinajstić information content (AvgIpc) is 2.72. The fourth-order valence-corrected chi connectivity index (χ4v) is 3.44. The molecule has 1 amide bonds. The summed E-state index contributed by atoms with van der Waals surface area (Å²) in [5.74, 6) is -0.854. The Kier molecular flexibility index (Phi) is 4.78. The molecule has 2 aromatic carbocycles. The van der Waals surface area contributed by atoms with Gasteiger partial charge in [-0.25, -0.2) is 4.79 Å². The maximum absolute atomic E-state index is 12.3. The Morgan fingerprint density at radius 1 is 1.07 bits per heavy atom. The zero-order valence-electron chi connectivity index (χ0n) is 14.7. The summed E-state index contributed by atoms with van der Waals surface area (Å²) in [6, 6.07) is 13.0. The van der Waals surface area contributed by atoms with Crippen molar-refractivity contribution in [3.63, 3.8) is 0 Å². The first kappa shape index (κ1) is 17.1. The van der Waals surface area contributed by atoms with Crippen LogP contribution in [0.1, 0.15) is 40.4 Å². The topological polar surface area (TPSA) is 81.2 Å². The van der Waals surface area contributed by atoms with Gasteiger partial charge in [0.15, 0.2) is 6.61 Å². The van der Waals surface area contributed by atoms with Crippen LogP contribution in [0.4, 0.5) is 0 Å². The van der Waals surface area contributed by atoms with E-state index in [2.05, 4.69) is 21.4 Å². The van der Waals surface area contributed by atoms with E-state index in [0.29, 0.717) is 16.6 Å². The van der Waals surface area contributed by atoms with Gasteiger partial charge in [-0.3, -0.25) is 14.8 Å². The number of rotatable bonds is 4. The highest BCUT2D eigenvalue weighted by Crippen LogP contribution is 2.29. The van der Waals surface area contributed by atoms with Gasteiger partial charge in [0.2, 0.25) is 0 Å². The number of esters is 1. The maximum atomic E-state index is 12.3. The summed E-state index contributed by atoms with van der Waals surface area (Å²) < 4.78 is 5.17. The molecule has 1 heterocycles. The van der Waals surface area contributed by atoms with E-state index in [1.165, 1.54) is 5.56 Å². The molecule has 0 aliphatic heterocycles. The van der Waals surface area contributed by atoms with Crippen LogP contribution in [0.15, 0.2) is 54.9 Å². The zero-order chi connectivity index (χ0) is 18.6. The first-order valence-corrected chi connectivity index (χ1v) is 8.96. The third kappa shape index (κ3) is 3.79. The van der Waals surface area contributed by atoms with Crippen molar-refractivity contribution in [1.29, 1.82) is 0 Å². The van der Waals surface area contributed by atoms with E-state index < -0.39 is 5.97 Å². The molecule has 0 spiro atoms. The SMILES string of the molecule is O=C(COC(=O)c1ccc2nccnc2c1)N[C@@H]1CCCc2ccccc21. The van der Waals surface area contributed by atoms with E-state index in [1.54, 1.807) is 30.6 Å². The molecule has 0 saturated heterocycles. The number of fused-ring (bicyclic) bond motifs is 2. The first-order valence-electron chi connectivity index (χ1n) is 8.96. The van der Waals surface area contributed by atoms with E-state index in [1.807, 2.05) is 18.2 Å². The lowest BCUT2D eigenvalue weighted by molar-refractivity contribution is -0.125. The number of nitrogens with zero attached hydrogens (tertiary/aromatic N) is 2. The Balaban J connectivity index is 1.37. The molecule has 0 fully saturated rings. The fraction of sp³-hybridized carbons (Fsp3) is 0.238. The van der Waals surface area contributed by atoms with Crippen LogP contribution >= 0.6 is 0 Å². The lowest BCUT2D eigenvalue weighted by atomic mass is 9.88. The number of aromatic nitrogens is 2. The fourth-order valence-electron chi connectivity index (χ4n) is 3.44. The second kappa shape index (κ2) is 7.53. The molecule has 0 unspecified atom stereocenters. The van der Waals surface area contributed by atoms with Crippen LogP contribution in [0.25, 0.3) is 11.0 Å². The number of amides is 1. The Labute approximate surface area is 156 Å². The van der Waals surface area contributed by atoms with Crippen molar-refractivity contribution in [2.24, 2.45) is 0 Å². The molecule has 1 aromatic heterocycles. The highest BCUT2D eigenvalue weighted by atomic mass is 16.5. The second-order valence-corrected chi connectivity index (χ2v) is 6.55. The maximum Gasteiger partial charge on any atom is 0.338 e. The lowest BCUT2D eigenvalue weighted by Crippen LogP contribution is -2.34. The predicted molar refractivity (Wildman–Crippen MR) is 100 cm³/mol. The third-order valence-corrected chi connectivity index (χ3v) is 4.74. The van der Waals surface area contributed by atoms with Gasteiger partial charge in [-0.15, -0.1) is 0 Å². The van der Waals surface area contributed by atoms with Crippen molar-refractivity contribution in [3.05, 3.63) is 71.5 Å². The summed E-state index contributed by atoms with van der Waals surface area (Å²) in [5.41, 5.74) is 4.07. The minimum atomic E-state index is -0.554. The third-order valence-electron chi connectivity index (χ3n) is 4.74. The van der Waals surface area contributed by atoms with E-state index in [9.17, 15) is 9.59 Å². The van der Waals surface area contributed by atoms with E-state index in [-0.39, 0.29) is 18.6 Å². The van der Waals surface area contributed by atoms with Gasteiger partial charge in [-0.05, 0) is 48.6 Å². The minimum Gasteiger partial charge on any atom is -0.452 e. The molecule has 4 rings (SSSR count). The van der Waals surface area contributed by atoms with Crippen molar-refractivity contribution >= 4 is 22.9 Å². The van der Waals surface area contributed by atoms with Crippen LogP contribution in [0.5, 0.6) is 0 Å². The van der Waals surface area contributed by atoms with Gasteiger partial charge < -0.3 is 10.1 Å². The number of hydrogen-bond donors (Lipinski definition) is 1. The Morgan fingerprint density at radius 3 is 2.78 bits per heavy atom. The lowest BCUT2D eigenvalue weighted by Gasteiger charge is -2.26. The smallest absolute Gasteiger partial charge is 0.338 e. The molecule has 1 atom stereocenters. The van der Waals surface area contributed by atoms with Gasteiger partial charge >= 0.3 is 5.97 Å². The van der Waals surface area contributed by atoms with Crippen molar-refractivity contribution < 1.29 is 14.3 Å². The number of ether oxygens (including phenoxy) is 1. The number of carbonyl (C=O) groups excluding carboxylic acids is 2. The summed E-state index contributed by atoms with van der Waals surface area (Å²) in [5, 5.41) is 2.97. The van der Waals surface area contributed by atoms with Crippen LogP contribution in [0, 0.1) is 0 Å². The summed E-state index contributed by atoms with van der Waals surface area (Å²) in [6.45, 7) is -0.310. The normalized spacial score (nSPS) is 15.8. The standard InChI is InChI=1S/C21H19N3O3/c25-20(24-17-7-3-5-14-4-1-2-6-16(14)17)13-27-21(26)15-8-9-18-19(12-15)23-11-10-22-18/h1-2,4,6,8-12,17H,3,5,7,13H2,(H,24,25)/t17-/m1/s1. The molecule has 6 heteroatoms. The molecule has 1 aliphatic rings. The van der Waals surface area contributed by atoms with Crippen LogP contribution in [-0.2, 0) is 16.0 Å². The second-order valence-electron chi connectivity index (χ2n) is 6.55. The van der Waals surface area contributed by atoms with Gasteiger partial charge in [-0.2, -0.15) is 0 Å². The van der Waals surface area contributed by atoms with Crippen LogP contribution in [-0.4, -0.2) is 28.5 Å². The van der Waals surface area contributed by atoms with Gasteiger partial charge in [-0.1, -0.05) is 24.3 Å². The summed E-state index contributed by atoms with van der Waals surface area (Å²) in [6.07, 6.45) is 6.10. The summed E-state index contributed by atoms with van der Waals surface area (Å²) in [4.78, 5) is 32.8. The van der Waals surface area contributed by atoms with Gasteiger partial charge in [0, 0.05) is 12.4 Å². The van der Waals surface area contributed by atoms with Gasteiger partial charge in [0.1, 0.15) is 0 Å². The van der Waals surface area contributed by atoms with Crippen molar-refractivity contribution in [2.45, 2.75) is 25.3 Å². The number of hydrogen-bond acceptors (Lipinski definition) is 5. The van der Waals surface area contributed by atoms with E-state index in [4.69, 9.17) is 4.74 Å². The van der Waals surface area contributed by atoms with Crippen molar-refractivity contribution in [3.8, 4) is 0 Å². The number of nitrogens with one attached hydrogen (secondary N) is 1. The first-order chi connectivity index (χ1) is 13.2. The molecule has 1 aliphatic carbocycles. The van der Waals surface area contributed by atoms with Gasteiger partial charge in [0.25, 0.3) is 5.91 Å². The zero-order valence-corrected chi connectivity index (χ0v) is 14.7. The number of benzene rings is 2. The molecule has 136 valence electrons. The number of aryl methyl sites for hydroxylation is 1. The van der Waals surface area contributed by atoms with Crippen LogP contribution in [0.2, 0.25) is 0 Å². The van der Waals surface area contributed by atoms with E-state index >= 15 is 0 Å². The highest BCUT2D eigenvalue weighted by Gasteiger charge is 2.22. The van der Waals surface area contributed by atoms with Crippen molar-refractivity contribution in [1.82, 2.24) is 15.3 Å². The molecule has 6 nitrogen and oxygen atoms in total. The Hall–Kier alpha value is -3.28. The molecular weight excluding hydrogens is 342 g/mol. The molecule has 3 aromatic rings. The Morgan fingerprint density at radius 2 is 1.89 bits per heavy atom. The monoisotopic (exact) mass is 361 g/mol. The van der Waals surface area contributed by atoms with Crippen LogP contribution in [0.3, 0.4) is 0 Å². The summed E-state index contributed by atoms with van der Waals surface area (Å²) in [7, 11) is 0. The quantitative estimate of drug-likeness (QED) is 0.723. The molecule has 0 saturated carbocycles. The summed E-state index contributed by atoms with van der Waals surface area (Å²) >= 11 is 0. The van der Waals surface area contributed by atoms with Gasteiger partial charge in [0.05, 0.1) is 22.6 Å². The predicted octanol–water partition coefficient (Wildman–Crippen LogP) is 2.98. The number of carbonyl (C=O) groups is 2.